The van der Waals surface area contributed by atoms with Crippen molar-refractivity contribution in [2.45, 2.75) is 58.6 Å². The van der Waals surface area contributed by atoms with Gasteiger partial charge in [0.15, 0.2) is 5.60 Å². The zero-order chi connectivity index (χ0) is 17.8. The van der Waals surface area contributed by atoms with Gasteiger partial charge in [-0.1, -0.05) is 43.4 Å². The monoisotopic (exact) mass is 352 g/mol. The molecule has 0 aliphatic carbocycles. The predicted molar refractivity (Wildman–Crippen MR) is 105 cm³/mol. The van der Waals surface area contributed by atoms with Gasteiger partial charge >= 0.3 is 0 Å². The molecule has 1 aliphatic rings. The maximum absolute atomic E-state index is 6.71. The van der Waals surface area contributed by atoms with Gasteiger partial charge in [0.05, 0.1) is 5.56 Å². The molecule has 0 bridgehead atoms. The van der Waals surface area contributed by atoms with Crippen LogP contribution in [0.1, 0.15) is 46.1 Å². The van der Waals surface area contributed by atoms with Crippen molar-refractivity contribution in [3.63, 3.8) is 0 Å². The summed E-state index contributed by atoms with van der Waals surface area (Å²) in [6.07, 6.45) is 1.98. The summed E-state index contributed by atoms with van der Waals surface area (Å²) in [6, 6.07) is 15.3. The molecule has 2 aromatic carbocycles. The van der Waals surface area contributed by atoms with Crippen molar-refractivity contribution < 1.29 is 9.30 Å². The second-order valence-corrected chi connectivity index (χ2v) is 8.55. The highest BCUT2D eigenvalue weighted by atomic mass is 32.1. The van der Waals surface area contributed by atoms with Crippen LogP contribution >= 0.6 is 11.3 Å². The Morgan fingerprint density at radius 1 is 1.04 bits per heavy atom. The minimum atomic E-state index is -0.272. The fourth-order valence-electron chi connectivity index (χ4n) is 4.12. The molecule has 2 nitrogen and oxygen atoms in total. The fraction of sp³-hybridized carbons (Fsp3) is 0.409. The molecule has 1 aromatic heterocycles. The lowest BCUT2D eigenvalue weighted by atomic mass is 9.77. The van der Waals surface area contributed by atoms with Crippen molar-refractivity contribution in [1.29, 1.82) is 0 Å². The molecule has 0 saturated heterocycles. The maximum Gasteiger partial charge on any atom is 0.274 e. The van der Waals surface area contributed by atoms with E-state index in [1.54, 1.807) is 0 Å². The van der Waals surface area contributed by atoms with Crippen LogP contribution < -0.4 is 9.30 Å². The first-order valence-electron chi connectivity index (χ1n) is 9.17. The van der Waals surface area contributed by atoms with Gasteiger partial charge in [0.1, 0.15) is 10.4 Å². The van der Waals surface area contributed by atoms with Crippen LogP contribution in [0.25, 0.3) is 20.8 Å². The predicted octanol–water partition coefficient (Wildman–Crippen LogP) is 5.85. The molecule has 25 heavy (non-hydrogen) atoms. The number of ether oxygens (including phenoxy) is 1. The molecule has 4 rings (SSSR count). The summed E-state index contributed by atoms with van der Waals surface area (Å²) in [5.41, 5.74) is 3.44. The van der Waals surface area contributed by atoms with Crippen LogP contribution in [0.2, 0.25) is 0 Å². The highest BCUT2D eigenvalue weighted by Crippen LogP contribution is 2.46. The lowest BCUT2D eigenvalue weighted by Crippen LogP contribution is -2.67. The second-order valence-electron chi connectivity index (χ2n) is 7.52. The topological polar surface area (TPSA) is 13.1 Å². The number of aryl methyl sites for hydroxylation is 1. The van der Waals surface area contributed by atoms with E-state index in [0.29, 0.717) is 0 Å². The molecule has 0 radical (unpaired) electrons. The molecular weight excluding hydrogens is 326 g/mol. The molecule has 130 valence electrons. The fourth-order valence-corrected chi connectivity index (χ4v) is 5.39. The summed E-state index contributed by atoms with van der Waals surface area (Å²) >= 11 is 1.88. The first-order chi connectivity index (χ1) is 11.9. The maximum atomic E-state index is 6.71. The highest BCUT2D eigenvalue weighted by molar-refractivity contribution is 7.21. The van der Waals surface area contributed by atoms with E-state index in [1.165, 1.54) is 26.4 Å². The van der Waals surface area contributed by atoms with Crippen molar-refractivity contribution in [3.8, 4) is 16.3 Å². The highest BCUT2D eigenvalue weighted by Gasteiger charge is 2.57. The Morgan fingerprint density at radius 3 is 2.52 bits per heavy atom. The molecular formula is C22H26NOS+. The number of benzene rings is 2. The minimum absolute atomic E-state index is 0.123. The summed E-state index contributed by atoms with van der Waals surface area (Å²) in [6.45, 7) is 11.3. The molecule has 3 heteroatoms. The zero-order valence-electron chi connectivity index (χ0n) is 15.7. The summed E-state index contributed by atoms with van der Waals surface area (Å²) in [7, 11) is 0. The lowest BCUT2D eigenvalue weighted by molar-refractivity contribution is -0.740. The average molecular weight is 353 g/mol. The Kier molecular flexibility index (Phi) is 3.69. The first-order valence-corrected chi connectivity index (χ1v) is 9.99. The van der Waals surface area contributed by atoms with Gasteiger partial charge in [0, 0.05) is 19.4 Å². The summed E-state index contributed by atoms with van der Waals surface area (Å²) in [5, 5.41) is 1.30. The second kappa shape index (κ2) is 5.57. The van der Waals surface area contributed by atoms with Crippen LogP contribution in [0.5, 0.6) is 5.75 Å². The van der Waals surface area contributed by atoms with Gasteiger partial charge in [-0.25, -0.2) is 0 Å². The largest absolute Gasteiger partial charge is 0.479 e. The summed E-state index contributed by atoms with van der Waals surface area (Å²) in [5.74, 6) is 1.00. The SMILES string of the molecule is CCC1(C)Oc2ccccc2-c2sc3ccc(C)cc3[n+]2C1(C)CC. The lowest BCUT2D eigenvalue weighted by Gasteiger charge is -2.39. The number of nitrogens with zero attached hydrogens (tertiary/aromatic N) is 1. The third-order valence-corrected chi connectivity index (χ3v) is 7.37. The van der Waals surface area contributed by atoms with Gasteiger partial charge in [-0.05, 0) is 44.0 Å². The third kappa shape index (κ3) is 2.18. The van der Waals surface area contributed by atoms with Crippen LogP contribution in [0, 0.1) is 6.92 Å². The van der Waals surface area contributed by atoms with Crippen molar-refractivity contribution >= 4 is 21.6 Å². The molecule has 3 aromatic rings. The Hall–Kier alpha value is -1.87. The van der Waals surface area contributed by atoms with Crippen LogP contribution in [0.15, 0.2) is 42.5 Å². The molecule has 0 saturated carbocycles. The number of hydrogen-bond donors (Lipinski definition) is 0. The van der Waals surface area contributed by atoms with Crippen molar-refractivity contribution in [1.82, 2.24) is 0 Å². The van der Waals surface area contributed by atoms with E-state index in [-0.39, 0.29) is 11.1 Å². The molecule has 0 amide bonds. The van der Waals surface area contributed by atoms with E-state index in [0.717, 1.165) is 18.6 Å². The zero-order valence-corrected chi connectivity index (χ0v) is 16.5. The van der Waals surface area contributed by atoms with Gasteiger partial charge in [-0.2, -0.15) is 4.57 Å². The number of para-hydroxylation sites is 1. The van der Waals surface area contributed by atoms with E-state index < -0.39 is 0 Å². The normalized spacial score (nSPS) is 25.2. The van der Waals surface area contributed by atoms with Gasteiger partial charge < -0.3 is 4.74 Å². The Bertz CT molecular complexity index is 960. The Balaban J connectivity index is 2.18. The van der Waals surface area contributed by atoms with E-state index in [1.807, 2.05) is 11.3 Å². The molecule has 2 atom stereocenters. The molecule has 0 N–H and O–H groups in total. The van der Waals surface area contributed by atoms with E-state index in [2.05, 4.69) is 81.7 Å². The van der Waals surface area contributed by atoms with Crippen molar-refractivity contribution in [2.24, 2.45) is 0 Å². The minimum Gasteiger partial charge on any atom is -0.479 e. The molecule has 1 aliphatic heterocycles. The number of thiazole rings is 1. The van der Waals surface area contributed by atoms with Gasteiger partial charge in [-0.3, -0.25) is 0 Å². The van der Waals surface area contributed by atoms with Crippen molar-refractivity contribution in [2.75, 3.05) is 0 Å². The summed E-state index contributed by atoms with van der Waals surface area (Å²) in [4.78, 5) is 0. The molecule has 2 heterocycles. The Labute approximate surface area is 154 Å². The average Bonchev–Trinajstić information content (AvgIpc) is 2.96. The number of rotatable bonds is 2. The van der Waals surface area contributed by atoms with Gasteiger partial charge in [-0.15, -0.1) is 0 Å². The third-order valence-electron chi connectivity index (χ3n) is 6.21. The van der Waals surface area contributed by atoms with E-state index in [4.69, 9.17) is 4.74 Å². The number of fused-ring (bicyclic) bond motifs is 5. The van der Waals surface area contributed by atoms with Crippen LogP contribution in [0.4, 0.5) is 0 Å². The van der Waals surface area contributed by atoms with Crippen LogP contribution in [0.3, 0.4) is 0 Å². The number of hydrogen-bond acceptors (Lipinski definition) is 2. The van der Waals surface area contributed by atoms with Gasteiger partial charge in [0.2, 0.25) is 11.1 Å². The van der Waals surface area contributed by atoms with E-state index in [9.17, 15) is 0 Å². The van der Waals surface area contributed by atoms with Crippen LogP contribution in [-0.4, -0.2) is 5.60 Å². The summed E-state index contributed by atoms with van der Waals surface area (Å²) < 4.78 is 10.6. The van der Waals surface area contributed by atoms with Gasteiger partial charge in [0.25, 0.3) is 5.01 Å². The van der Waals surface area contributed by atoms with E-state index >= 15 is 0 Å². The molecule has 0 spiro atoms. The van der Waals surface area contributed by atoms with Crippen molar-refractivity contribution in [3.05, 3.63) is 48.0 Å². The molecule has 2 unspecified atom stereocenters. The Morgan fingerprint density at radius 2 is 1.80 bits per heavy atom. The number of aromatic nitrogens is 1. The quantitative estimate of drug-likeness (QED) is 0.527. The molecule has 0 fully saturated rings. The van der Waals surface area contributed by atoms with Crippen LogP contribution in [-0.2, 0) is 5.54 Å². The smallest absolute Gasteiger partial charge is 0.274 e. The first kappa shape index (κ1) is 16.6. The standard InChI is InChI=1S/C22H26NOS/c1-6-21(4)22(5,7-2)24-18-11-9-8-10-16(18)20-23(21)17-14-15(3)12-13-19(17)25-20/h8-14H,6-7H2,1-5H3/q+1.